The number of carbonyl (C=O) groups is 3. The van der Waals surface area contributed by atoms with Crippen molar-refractivity contribution in [1.29, 1.82) is 0 Å². The SMILES string of the molecule is CCC(C)(C)N(C(=O)C(CS)NC(=O)OC(C)(C)C)C(C(=O)Nc1c(C)cccc1C)c1cc(C)cc(C)c1. The van der Waals surface area contributed by atoms with Crippen LogP contribution < -0.4 is 10.6 Å². The van der Waals surface area contributed by atoms with E-state index >= 15 is 0 Å². The van der Waals surface area contributed by atoms with E-state index in [1.165, 1.54) is 0 Å². The van der Waals surface area contributed by atoms with E-state index in [2.05, 4.69) is 23.3 Å². The van der Waals surface area contributed by atoms with E-state index in [-0.39, 0.29) is 11.7 Å². The number of hydrogen-bond acceptors (Lipinski definition) is 5. The molecule has 8 heteroatoms. The summed E-state index contributed by atoms with van der Waals surface area (Å²) in [5, 5.41) is 5.79. The zero-order valence-electron chi connectivity index (χ0n) is 25.1. The van der Waals surface area contributed by atoms with Crippen LogP contribution in [0.3, 0.4) is 0 Å². The molecule has 2 aromatic rings. The summed E-state index contributed by atoms with van der Waals surface area (Å²) in [7, 11) is 0. The lowest BCUT2D eigenvalue weighted by Crippen LogP contribution is -2.59. The number of nitrogens with zero attached hydrogens (tertiary/aromatic N) is 1. The van der Waals surface area contributed by atoms with Crippen molar-refractivity contribution >= 4 is 36.2 Å². The largest absolute Gasteiger partial charge is 0.444 e. The molecule has 39 heavy (non-hydrogen) atoms. The van der Waals surface area contributed by atoms with Crippen LogP contribution in [0.1, 0.15) is 81.8 Å². The molecule has 0 bridgehead atoms. The Hall–Kier alpha value is -3.00. The number of carbonyl (C=O) groups excluding carboxylic acids is 3. The number of thiol groups is 1. The molecule has 2 unspecified atom stereocenters. The summed E-state index contributed by atoms with van der Waals surface area (Å²) >= 11 is 4.39. The Morgan fingerprint density at radius 2 is 1.49 bits per heavy atom. The molecule has 2 rings (SSSR count). The first-order chi connectivity index (χ1) is 18.0. The Morgan fingerprint density at radius 3 is 1.95 bits per heavy atom. The van der Waals surface area contributed by atoms with Crippen LogP contribution in [0.2, 0.25) is 0 Å². The molecule has 0 saturated heterocycles. The van der Waals surface area contributed by atoms with Crippen LogP contribution in [0.25, 0.3) is 0 Å². The van der Waals surface area contributed by atoms with E-state index in [4.69, 9.17) is 4.74 Å². The molecule has 0 spiro atoms. The fraction of sp³-hybridized carbons (Fsp3) is 0.516. The van der Waals surface area contributed by atoms with Gasteiger partial charge < -0.3 is 20.3 Å². The van der Waals surface area contributed by atoms with Gasteiger partial charge in [0, 0.05) is 17.0 Å². The number of nitrogens with one attached hydrogen (secondary N) is 2. The first-order valence-corrected chi connectivity index (χ1v) is 14.0. The normalized spacial score (nSPS) is 13.3. The third-order valence-electron chi connectivity index (χ3n) is 6.72. The van der Waals surface area contributed by atoms with Gasteiger partial charge in [-0.05, 0) is 85.4 Å². The Balaban J connectivity index is 2.68. The fourth-order valence-electron chi connectivity index (χ4n) is 4.54. The molecule has 0 aliphatic carbocycles. The predicted octanol–water partition coefficient (Wildman–Crippen LogP) is 6.44. The number of rotatable bonds is 9. The quantitative estimate of drug-likeness (QED) is 0.311. The number of ether oxygens (including phenoxy) is 1. The molecule has 0 aliphatic rings. The maximum absolute atomic E-state index is 14.3. The lowest BCUT2D eigenvalue weighted by molar-refractivity contribution is -0.147. The van der Waals surface area contributed by atoms with E-state index in [9.17, 15) is 14.4 Å². The van der Waals surface area contributed by atoms with E-state index in [0.29, 0.717) is 12.0 Å². The van der Waals surface area contributed by atoms with Gasteiger partial charge in [0.2, 0.25) is 5.91 Å². The van der Waals surface area contributed by atoms with Gasteiger partial charge in [-0.25, -0.2) is 4.79 Å². The highest BCUT2D eigenvalue weighted by molar-refractivity contribution is 7.80. The fourth-order valence-corrected chi connectivity index (χ4v) is 4.78. The zero-order valence-corrected chi connectivity index (χ0v) is 26.0. The topological polar surface area (TPSA) is 87.7 Å². The van der Waals surface area contributed by atoms with Gasteiger partial charge in [-0.3, -0.25) is 9.59 Å². The second kappa shape index (κ2) is 12.9. The van der Waals surface area contributed by atoms with Crippen LogP contribution >= 0.6 is 12.6 Å². The third-order valence-corrected chi connectivity index (χ3v) is 7.09. The lowest BCUT2D eigenvalue weighted by Gasteiger charge is -2.44. The minimum absolute atomic E-state index is 0.0342. The van der Waals surface area contributed by atoms with Gasteiger partial charge >= 0.3 is 6.09 Å². The Kier molecular flexibility index (Phi) is 10.7. The van der Waals surface area contributed by atoms with E-state index < -0.39 is 35.2 Å². The summed E-state index contributed by atoms with van der Waals surface area (Å²) < 4.78 is 5.41. The molecule has 2 atom stereocenters. The summed E-state index contributed by atoms with van der Waals surface area (Å²) in [6.07, 6.45) is -0.144. The number of hydrogen-bond donors (Lipinski definition) is 3. The highest BCUT2D eigenvalue weighted by Gasteiger charge is 2.43. The molecule has 0 heterocycles. The Bertz CT molecular complexity index is 1160. The molecule has 2 aromatic carbocycles. The summed E-state index contributed by atoms with van der Waals surface area (Å²) in [6.45, 7) is 18.9. The predicted molar refractivity (Wildman–Crippen MR) is 161 cm³/mol. The van der Waals surface area contributed by atoms with Crippen LogP contribution in [0, 0.1) is 27.7 Å². The molecule has 0 aromatic heterocycles. The van der Waals surface area contributed by atoms with Crippen LogP contribution in [-0.2, 0) is 14.3 Å². The van der Waals surface area contributed by atoms with Crippen LogP contribution in [-0.4, -0.2) is 45.7 Å². The molecule has 214 valence electrons. The van der Waals surface area contributed by atoms with Gasteiger partial charge in [-0.1, -0.05) is 54.4 Å². The zero-order chi connectivity index (χ0) is 29.7. The van der Waals surface area contributed by atoms with Gasteiger partial charge in [0.1, 0.15) is 17.7 Å². The van der Waals surface area contributed by atoms with Gasteiger partial charge in [0.15, 0.2) is 0 Å². The van der Waals surface area contributed by atoms with Gasteiger partial charge in [0.25, 0.3) is 5.91 Å². The van der Waals surface area contributed by atoms with E-state index in [1.54, 1.807) is 25.7 Å². The minimum atomic E-state index is -1.00. The monoisotopic (exact) mass is 555 g/mol. The van der Waals surface area contributed by atoms with Crippen molar-refractivity contribution in [1.82, 2.24) is 10.2 Å². The van der Waals surface area contributed by atoms with Crippen LogP contribution in [0.15, 0.2) is 36.4 Å². The molecule has 3 amide bonds. The number of alkyl carbamates (subject to hydrolysis) is 1. The van der Waals surface area contributed by atoms with E-state index in [1.807, 2.05) is 84.9 Å². The molecular weight excluding hydrogens is 510 g/mol. The van der Waals surface area contributed by atoms with Crippen LogP contribution in [0.5, 0.6) is 0 Å². The summed E-state index contributed by atoms with van der Waals surface area (Å²) in [4.78, 5) is 42.8. The number of para-hydroxylation sites is 1. The van der Waals surface area contributed by atoms with Crippen molar-refractivity contribution in [3.63, 3.8) is 0 Å². The molecule has 0 fully saturated rings. The van der Waals surface area contributed by atoms with Crippen molar-refractivity contribution in [2.75, 3.05) is 11.1 Å². The lowest BCUT2D eigenvalue weighted by atomic mass is 9.91. The van der Waals surface area contributed by atoms with Crippen LogP contribution in [0.4, 0.5) is 10.5 Å². The maximum atomic E-state index is 14.3. The number of benzene rings is 2. The van der Waals surface area contributed by atoms with Gasteiger partial charge in [-0.2, -0.15) is 12.6 Å². The minimum Gasteiger partial charge on any atom is -0.444 e. The molecule has 0 saturated carbocycles. The van der Waals surface area contributed by atoms with Crippen molar-refractivity contribution in [2.45, 2.75) is 98.9 Å². The first kappa shape index (κ1) is 32.2. The Labute approximate surface area is 239 Å². The smallest absolute Gasteiger partial charge is 0.408 e. The second-order valence-electron chi connectivity index (χ2n) is 11.8. The molecule has 0 radical (unpaired) electrons. The van der Waals surface area contributed by atoms with E-state index in [0.717, 1.165) is 27.9 Å². The molecular formula is C31H45N3O4S. The molecule has 2 N–H and O–H groups in total. The highest BCUT2D eigenvalue weighted by atomic mass is 32.1. The average Bonchev–Trinajstić information content (AvgIpc) is 2.80. The third kappa shape index (κ3) is 8.49. The maximum Gasteiger partial charge on any atom is 0.408 e. The van der Waals surface area contributed by atoms with Crippen molar-refractivity contribution in [3.05, 3.63) is 64.2 Å². The summed E-state index contributed by atoms with van der Waals surface area (Å²) in [6, 6.07) is 9.75. The second-order valence-corrected chi connectivity index (χ2v) is 12.2. The summed E-state index contributed by atoms with van der Waals surface area (Å²) in [5.74, 6) is -0.710. The van der Waals surface area contributed by atoms with Crippen molar-refractivity contribution in [3.8, 4) is 0 Å². The van der Waals surface area contributed by atoms with Gasteiger partial charge in [-0.15, -0.1) is 0 Å². The van der Waals surface area contributed by atoms with Crippen molar-refractivity contribution < 1.29 is 19.1 Å². The molecule has 0 aliphatic heterocycles. The van der Waals surface area contributed by atoms with Crippen molar-refractivity contribution in [2.24, 2.45) is 0 Å². The summed E-state index contributed by atoms with van der Waals surface area (Å²) in [5.41, 5.74) is 3.75. The number of anilines is 1. The number of amides is 3. The van der Waals surface area contributed by atoms with Gasteiger partial charge in [0.05, 0.1) is 0 Å². The number of aryl methyl sites for hydroxylation is 4. The molecule has 7 nitrogen and oxygen atoms in total. The average molecular weight is 556 g/mol. The first-order valence-electron chi connectivity index (χ1n) is 13.4. The Morgan fingerprint density at radius 1 is 0.949 bits per heavy atom. The standard InChI is InChI=1S/C31H45N3O4S/c1-11-31(9,10)34(28(36)24(18-39)32-29(37)38-30(6,7)8)26(23-16-19(2)15-20(3)17-23)27(35)33-25-21(4)13-12-14-22(25)5/h12-17,24,26,39H,11,18H2,1-10H3,(H,32,37)(H,33,35). The highest BCUT2D eigenvalue weighted by Crippen LogP contribution is 2.34.